The van der Waals surface area contributed by atoms with Crippen LogP contribution in [-0.2, 0) is 5.88 Å². The van der Waals surface area contributed by atoms with Gasteiger partial charge in [0.2, 0.25) is 0 Å². The van der Waals surface area contributed by atoms with Gasteiger partial charge in [0.15, 0.2) is 12.0 Å². The molecule has 0 spiro atoms. The third-order valence-corrected chi connectivity index (χ3v) is 1.96. The predicted octanol–water partition coefficient (Wildman–Crippen LogP) is 2.28. The smallest absolute Gasteiger partial charge is 0.267 e. The summed E-state index contributed by atoms with van der Waals surface area (Å²) in [5.41, 5.74) is -1.02. The first-order chi connectivity index (χ1) is 6.61. The van der Waals surface area contributed by atoms with E-state index >= 15 is 0 Å². The van der Waals surface area contributed by atoms with E-state index in [-0.39, 0.29) is 17.7 Å². The lowest BCUT2D eigenvalue weighted by atomic mass is 10.1. The van der Waals surface area contributed by atoms with Crippen molar-refractivity contribution in [2.45, 2.75) is 12.3 Å². The highest BCUT2D eigenvalue weighted by Crippen LogP contribution is 2.33. The van der Waals surface area contributed by atoms with Crippen molar-refractivity contribution in [2.75, 3.05) is 0 Å². The van der Waals surface area contributed by atoms with E-state index in [0.29, 0.717) is 0 Å². The highest BCUT2D eigenvalue weighted by Gasteiger charge is 2.20. The normalized spacial score (nSPS) is 10.6. The summed E-state index contributed by atoms with van der Waals surface area (Å²) in [6.07, 6.45) is -1.62. The van der Waals surface area contributed by atoms with Gasteiger partial charge >= 0.3 is 0 Å². The Morgan fingerprint density at radius 3 is 2.71 bits per heavy atom. The molecule has 76 valence electrons. The number of carbonyl (C=O) groups excluding carboxylic acids is 1. The average Bonchev–Trinajstić information content (AvgIpc) is 2.16. The van der Waals surface area contributed by atoms with Crippen molar-refractivity contribution in [3.63, 3.8) is 0 Å². The van der Waals surface area contributed by atoms with Crippen LogP contribution >= 0.6 is 11.6 Å². The second kappa shape index (κ2) is 4.32. The van der Waals surface area contributed by atoms with Crippen molar-refractivity contribution in [1.29, 1.82) is 0 Å². The molecule has 0 saturated carbocycles. The lowest BCUT2D eigenvalue weighted by Gasteiger charge is -2.08. The molecule has 0 radical (unpaired) electrons. The monoisotopic (exact) mass is 221 g/mol. The molecule has 0 aliphatic carbocycles. The Labute approximate surface area is 83.3 Å². The summed E-state index contributed by atoms with van der Waals surface area (Å²) in [5, 5.41) is 9.24. The van der Waals surface area contributed by atoms with Gasteiger partial charge in [-0.25, -0.2) is 13.8 Å². The third-order valence-electron chi connectivity index (χ3n) is 1.68. The molecular formula is C8H6ClF2NO2. The number of aromatic nitrogens is 1. The van der Waals surface area contributed by atoms with E-state index in [1.54, 1.807) is 0 Å². The van der Waals surface area contributed by atoms with E-state index in [1.165, 1.54) is 0 Å². The van der Waals surface area contributed by atoms with E-state index in [4.69, 9.17) is 11.6 Å². The molecule has 0 bridgehead atoms. The second-order valence-electron chi connectivity index (χ2n) is 2.48. The Morgan fingerprint density at radius 1 is 1.64 bits per heavy atom. The highest BCUT2D eigenvalue weighted by atomic mass is 35.5. The van der Waals surface area contributed by atoms with E-state index in [2.05, 4.69) is 4.98 Å². The number of halogens is 3. The van der Waals surface area contributed by atoms with Crippen LogP contribution in [0.15, 0.2) is 6.20 Å². The first-order valence-corrected chi connectivity index (χ1v) is 4.15. The molecule has 0 fully saturated rings. The molecule has 1 rings (SSSR count). The molecule has 0 amide bonds. The van der Waals surface area contributed by atoms with Crippen molar-refractivity contribution in [3.8, 4) is 5.75 Å². The van der Waals surface area contributed by atoms with Gasteiger partial charge in [-0.3, -0.25) is 4.79 Å². The van der Waals surface area contributed by atoms with Gasteiger partial charge in [0.25, 0.3) is 6.43 Å². The topological polar surface area (TPSA) is 50.2 Å². The zero-order valence-corrected chi connectivity index (χ0v) is 7.63. The number of rotatable bonds is 3. The van der Waals surface area contributed by atoms with Crippen LogP contribution in [0.5, 0.6) is 5.75 Å². The summed E-state index contributed by atoms with van der Waals surface area (Å²) in [7, 11) is 0. The maximum absolute atomic E-state index is 12.4. The SMILES string of the molecule is O=Cc1ncc(CCl)c(C(F)F)c1O. The molecule has 1 N–H and O–H groups in total. The van der Waals surface area contributed by atoms with Crippen molar-refractivity contribution < 1.29 is 18.7 Å². The molecule has 1 aromatic heterocycles. The summed E-state index contributed by atoms with van der Waals surface area (Å²) in [5.74, 6) is -0.993. The van der Waals surface area contributed by atoms with Gasteiger partial charge in [0.05, 0.1) is 5.56 Å². The fraction of sp³-hybridized carbons (Fsp3) is 0.250. The third kappa shape index (κ3) is 1.82. The molecule has 0 aliphatic heterocycles. The van der Waals surface area contributed by atoms with Crippen LogP contribution in [0.3, 0.4) is 0 Å². The Morgan fingerprint density at radius 2 is 2.29 bits per heavy atom. The summed E-state index contributed by atoms with van der Waals surface area (Å²) >= 11 is 5.37. The van der Waals surface area contributed by atoms with Crippen LogP contribution < -0.4 is 0 Å². The molecular weight excluding hydrogens is 216 g/mol. The zero-order chi connectivity index (χ0) is 10.7. The van der Waals surface area contributed by atoms with Gasteiger partial charge in [0.1, 0.15) is 5.69 Å². The Bertz CT molecular complexity index is 357. The first kappa shape index (κ1) is 10.8. The molecule has 0 saturated heterocycles. The summed E-state index contributed by atoms with van der Waals surface area (Å²) in [6, 6.07) is 0. The molecule has 6 heteroatoms. The minimum atomic E-state index is -2.88. The minimum Gasteiger partial charge on any atom is -0.505 e. The number of carbonyl (C=O) groups is 1. The molecule has 0 unspecified atom stereocenters. The quantitative estimate of drug-likeness (QED) is 0.629. The van der Waals surface area contributed by atoms with Gasteiger partial charge in [-0.05, 0) is 5.56 Å². The van der Waals surface area contributed by atoms with Crippen LogP contribution in [0.1, 0.15) is 28.0 Å². The van der Waals surface area contributed by atoms with Gasteiger partial charge in [-0.15, -0.1) is 11.6 Å². The average molecular weight is 222 g/mol. The van der Waals surface area contributed by atoms with Crippen molar-refractivity contribution in [1.82, 2.24) is 4.98 Å². The zero-order valence-electron chi connectivity index (χ0n) is 6.88. The standard InChI is InChI=1S/C8H6ClF2NO2/c9-1-4-2-12-5(3-13)7(14)6(4)8(10)11/h2-3,8,14H,1H2. The van der Waals surface area contributed by atoms with Crippen LogP contribution in [0.4, 0.5) is 8.78 Å². The van der Waals surface area contributed by atoms with Crippen molar-refractivity contribution >= 4 is 17.9 Å². The largest absolute Gasteiger partial charge is 0.505 e. The molecule has 0 aromatic carbocycles. The number of pyridine rings is 1. The van der Waals surface area contributed by atoms with E-state index < -0.39 is 23.4 Å². The Balaban J connectivity index is 3.38. The van der Waals surface area contributed by atoms with Crippen molar-refractivity contribution in [3.05, 3.63) is 23.0 Å². The van der Waals surface area contributed by atoms with Gasteiger partial charge in [-0.1, -0.05) is 0 Å². The van der Waals surface area contributed by atoms with E-state index in [0.717, 1.165) is 6.20 Å². The molecule has 1 aromatic rings. The summed E-state index contributed by atoms with van der Waals surface area (Å²) in [4.78, 5) is 13.8. The van der Waals surface area contributed by atoms with Crippen LogP contribution in [0, 0.1) is 0 Å². The molecule has 14 heavy (non-hydrogen) atoms. The second-order valence-corrected chi connectivity index (χ2v) is 2.75. The van der Waals surface area contributed by atoms with Gasteiger partial charge in [0, 0.05) is 12.1 Å². The lowest BCUT2D eigenvalue weighted by Crippen LogP contribution is -1.99. The fourth-order valence-electron chi connectivity index (χ4n) is 1.00. The van der Waals surface area contributed by atoms with Crippen LogP contribution in [0.25, 0.3) is 0 Å². The maximum Gasteiger partial charge on any atom is 0.267 e. The lowest BCUT2D eigenvalue weighted by molar-refractivity contribution is 0.111. The van der Waals surface area contributed by atoms with Gasteiger partial charge < -0.3 is 5.11 Å². The molecule has 0 atom stereocenters. The van der Waals surface area contributed by atoms with Crippen LogP contribution in [-0.4, -0.2) is 16.4 Å². The van der Waals surface area contributed by atoms with Crippen LogP contribution in [0.2, 0.25) is 0 Å². The number of hydrogen-bond acceptors (Lipinski definition) is 3. The number of hydrogen-bond donors (Lipinski definition) is 1. The number of aldehydes is 1. The minimum absolute atomic E-state index is 0.0183. The van der Waals surface area contributed by atoms with E-state index in [1.807, 2.05) is 0 Å². The number of nitrogens with zero attached hydrogens (tertiary/aromatic N) is 1. The Hall–Kier alpha value is -1.23. The fourth-order valence-corrected chi connectivity index (χ4v) is 1.22. The first-order valence-electron chi connectivity index (χ1n) is 3.61. The molecule has 1 heterocycles. The molecule has 0 aliphatic rings. The number of aromatic hydroxyl groups is 1. The van der Waals surface area contributed by atoms with E-state index in [9.17, 15) is 18.7 Å². The predicted molar refractivity (Wildman–Crippen MR) is 45.8 cm³/mol. The highest BCUT2D eigenvalue weighted by molar-refractivity contribution is 6.17. The summed E-state index contributed by atoms with van der Waals surface area (Å²) in [6.45, 7) is 0. The Kier molecular flexibility index (Phi) is 3.35. The van der Waals surface area contributed by atoms with Crippen molar-refractivity contribution in [2.24, 2.45) is 0 Å². The van der Waals surface area contributed by atoms with Gasteiger partial charge in [-0.2, -0.15) is 0 Å². The number of alkyl halides is 3. The molecule has 3 nitrogen and oxygen atoms in total. The maximum atomic E-state index is 12.4. The summed E-state index contributed by atoms with van der Waals surface area (Å²) < 4.78 is 24.9.